The summed E-state index contributed by atoms with van der Waals surface area (Å²) in [6.07, 6.45) is 2.37. The van der Waals surface area contributed by atoms with Crippen LogP contribution in [0.15, 0.2) is 22.4 Å². The Bertz CT molecular complexity index is 581. The van der Waals surface area contributed by atoms with Crippen molar-refractivity contribution in [2.75, 3.05) is 14.2 Å². The Balaban J connectivity index is 0.00000106. The molecular formula is C13H19N5O3. The van der Waals surface area contributed by atoms with Crippen LogP contribution in [0.5, 0.6) is 11.5 Å². The van der Waals surface area contributed by atoms with Crippen LogP contribution in [0.2, 0.25) is 0 Å². The third-order valence-corrected chi connectivity index (χ3v) is 2.34. The van der Waals surface area contributed by atoms with Gasteiger partial charge in [0.15, 0.2) is 17.3 Å². The first-order valence-corrected chi connectivity index (χ1v) is 6.33. The largest absolute Gasteiger partial charge is 0.493 e. The molecule has 0 atom stereocenters. The quantitative estimate of drug-likeness (QED) is 0.497. The Kier molecular flexibility index (Phi) is 6.52. The lowest BCUT2D eigenvalue weighted by Gasteiger charge is -2.06. The SMILES string of the molecule is CC.COc1cc2nc(/C=N/O/N=C/N)[nH]c2cc1OC. The molecule has 0 aliphatic heterocycles. The van der Waals surface area contributed by atoms with Crippen LogP contribution >= 0.6 is 0 Å². The number of nitrogens with two attached hydrogens (primary N) is 1. The Morgan fingerprint density at radius 3 is 2.43 bits per heavy atom. The summed E-state index contributed by atoms with van der Waals surface area (Å²) in [6.45, 7) is 4.00. The van der Waals surface area contributed by atoms with Gasteiger partial charge in [0.05, 0.1) is 25.3 Å². The molecule has 21 heavy (non-hydrogen) atoms. The molecule has 2 aromatic rings. The molecule has 3 N–H and O–H groups in total. The van der Waals surface area contributed by atoms with Crippen molar-refractivity contribution >= 4 is 23.6 Å². The molecule has 0 saturated heterocycles. The molecule has 0 saturated carbocycles. The second-order valence-electron chi connectivity index (χ2n) is 3.42. The first-order valence-electron chi connectivity index (χ1n) is 6.33. The van der Waals surface area contributed by atoms with Gasteiger partial charge in [-0.1, -0.05) is 19.0 Å². The predicted molar refractivity (Wildman–Crippen MR) is 81.9 cm³/mol. The minimum Gasteiger partial charge on any atom is -0.493 e. The zero-order valence-corrected chi connectivity index (χ0v) is 12.5. The highest BCUT2D eigenvalue weighted by Gasteiger charge is 2.09. The lowest BCUT2D eigenvalue weighted by atomic mass is 10.3. The number of imidazole rings is 1. The third kappa shape index (κ3) is 4.10. The van der Waals surface area contributed by atoms with E-state index in [4.69, 9.17) is 15.2 Å². The number of aromatic nitrogens is 2. The number of hydrogen-bond donors (Lipinski definition) is 2. The molecule has 1 heterocycles. The van der Waals surface area contributed by atoms with Crippen molar-refractivity contribution in [1.29, 1.82) is 0 Å². The van der Waals surface area contributed by atoms with E-state index >= 15 is 0 Å². The molecular weight excluding hydrogens is 274 g/mol. The van der Waals surface area contributed by atoms with E-state index in [-0.39, 0.29) is 0 Å². The molecule has 0 bridgehead atoms. The van der Waals surface area contributed by atoms with Gasteiger partial charge in [0.1, 0.15) is 12.6 Å². The first kappa shape index (κ1) is 16.3. The van der Waals surface area contributed by atoms with Gasteiger partial charge >= 0.3 is 0 Å². The number of hydrogen-bond acceptors (Lipinski definition) is 6. The molecule has 8 heteroatoms. The van der Waals surface area contributed by atoms with Crippen LogP contribution in [-0.2, 0) is 4.94 Å². The summed E-state index contributed by atoms with van der Waals surface area (Å²) in [6, 6.07) is 3.55. The highest BCUT2D eigenvalue weighted by atomic mass is 16.8. The summed E-state index contributed by atoms with van der Waals surface area (Å²) >= 11 is 0. The fourth-order valence-corrected chi connectivity index (χ4v) is 1.55. The Labute approximate surface area is 122 Å². The number of fused-ring (bicyclic) bond motifs is 1. The molecule has 1 aromatic carbocycles. The van der Waals surface area contributed by atoms with E-state index in [1.165, 1.54) is 6.21 Å². The molecule has 0 unspecified atom stereocenters. The van der Waals surface area contributed by atoms with Gasteiger partial charge in [-0.25, -0.2) is 9.92 Å². The van der Waals surface area contributed by atoms with Crippen molar-refractivity contribution in [2.24, 2.45) is 16.0 Å². The van der Waals surface area contributed by atoms with Gasteiger partial charge in [-0.05, 0) is 5.16 Å². The highest BCUT2D eigenvalue weighted by Crippen LogP contribution is 2.30. The van der Waals surface area contributed by atoms with Crippen LogP contribution in [0.3, 0.4) is 0 Å². The van der Waals surface area contributed by atoms with E-state index < -0.39 is 0 Å². The second kappa shape index (κ2) is 8.41. The third-order valence-electron chi connectivity index (χ3n) is 2.34. The second-order valence-corrected chi connectivity index (χ2v) is 3.42. The van der Waals surface area contributed by atoms with Gasteiger partial charge in [-0.3, -0.25) is 0 Å². The van der Waals surface area contributed by atoms with Crippen LogP contribution in [0.4, 0.5) is 0 Å². The van der Waals surface area contributed by atoms with Crippen molar-refractivity contribution < 1.29 is 14.4 Å². The number of methoxy groups -OCH3 is 2. The van der Waals surface area contributed by atoms with Crippen LogP contribution in [0.25, 0.3) is 11.0 Å². The number of oxime groups is 2. The maximum absolute atomic E-state index is 5.20. The van der Waals surface area contributed by atoms with Crippen LogP contribution in [0.1, 0.15) is 19.7 Å². The summed E-state index contributed by atoms with van der Waals surface area (Å²) in [5.74, 6) is 1.73. The molecule has 0 radical (unpaired) electrons. The molecule has 1 aromatic heterocycles. The summed E-state index contributed by atoms with van der Waals surface area (Å²) < 4.78 is 10.4. The highest BCUT2D eigenvalue weighted by molar-refractivity contribution is 5.85. The standard InChI is InChI=1S/C11H13N5O3.C2H6/c1-17-9-3-7-8(4-10(9)18-2)16-11(15-7)5-13-19-14-6-12;1-2/h3-6H,1-2H3,(H2,12,14)(H,15,16);1-2H3/b13-5+;. The summed E-state index contributed by atoms with van der Waals surface area (Å²) in [5, 5.41) is 6.82. The molecule has 0 amide bonds. The van der Waals surface area contributed by atoms with E-state index in [2.05, 4.69) is 25.2 Å². The summed E-state index contributed by atoms with van der Waals surface area (Å²) in [5.41, 5.74) is 6.51. The first-order chi connectivity index (χ1) is 10.3. The zero-order chi connectivity index (χ0) is 15.7. The van der Waals surface area contributed by atoms with Crippen LogP contribution in [0, 0.1) is 0 Å². The number of H-pyrrole nitrogens is 1. The number of ether oxygens (including phenoxy) is 2. The molecule has 0 fully saturated rings. The van der Waals surface area contributed by atoms with Gasteiger partial charge in [-0.2, -0.15) is 0 Å². The normalized spacial score (nSPS) is 10.7. The topological polar surface area (TPSA) is 107 Å². The van der Waals surface area contributed by atoms with Gasteiger partial charge in [0, 0.05) is 12.1 Å². The van der Waals surface area contributed by atoms with Crippen molar-refractivity contribution in [3.05, 3.63) is 18.0 Å². The van der Waals surface area contributed by atoms with E-state index in [9.17, 15) is 0 Å². The Morgan fingerprint density at radius 2 is 1.81 bits per heavy atom. The number of benzene rings is 1. The molecule has 114 valence electrons. The number of nitrogens with zero attached hydrogens (tertiary/aromatic N) is 3. The minimum atomic E-state index is 0.512. The summed E-state index contributed by atoms with van der Waals surface area (Å²) in [4.78, 5) is 11.8. The molecule has 0 spiro atoms. The molecule has 0 aliphatic rings. The maximum Gasteiger partial charge on any atom is 0.163 e. The van der Waals surface area contributed by atoms with Crippen molar-refractivity contribution in [2.45, 2.75) is 13.8 Å². The average Bonchev–Trinajstić information content (AvgIpc) is 2.93. The van der Waals surface area contributed by atoms with E-state index in [1.807, 2.05) is 13.8 Å². The lowest BCUT2D eigenvalue weighted by Crippen LogP contribution is -1.89. The molecule has 0 aliphatic carbocycles. The van der Waals surface area contributed by atoms with Crippen molar-refractivity contribution in [3.8, 4) is 11.5 Å². The minimum absolute atomic E-state index is 0.512. The fraction of sp³-hybridized carbons (Fsp3) is 0.308. The smallest absolute Gasteiger partial charge is 0.163 e. The van der Waals surface area contributed by atoms with Gasteiger partial charge in [0.2, 0.25) is 0 Å². The van der Waals surface area contributed by atoms with Gasteiger partial charge < -0.3 is 20.2 Å². The van der Waals surface area contributed by atoms with Crippen LogP contribution < -0.4 is 15.2 Å². The fourth-order valence-electron chi connectivity index (χ4n) is 1.55. The monoisotopic (exact) mass is 293 g/mol. The van der Waals surface area contributed by atoms with E-state index in [0.29, 0.717) is 17.3 Å². The van der Waals surface area contributed by atoms with Crippen molar-refractivity contribution in [1.82, 2.24) is 9.97 Å². The van der Waals surface area contributed by atoms with E-state index in [0.717, 1.165) is 17.4 Å². The number of nitrogens with one attached hydrogen (secondary N) is 1. The molecule has 2 rings (SSSR count). The predicted octanol–water partition coefficient (Wildman–Crippen LogP) is 1.86. The lowest BCUT2D eigenvalue weighted by molar-refractivity contribution is 0.158. The number of rotatable bonds is 5. The van der Waals surface area contributed by atoms with Gasteiger partial charge in [0.25, 0.3) is 0 Å². The summed E-state index contributed by atoms with van der Waals surface area (Å²) in [7, 11) is 3.14. The van der Waals surface area contributed by atoms with E-state index in [1.54, 1.807) is 26.4 Å². The van der Waals surface area contributed by atoms with Gasteiger partial charge in [-0.15, -0.1) is 0 Å². The number of aromatic amines is 1. The average molecular weight is 293 g/mol. The Hall–Kier alpha value is -2.77. The van der Waals surface area contributed by atoms with Crippen LogP contribution in [-0.4, -0.2) is 36.7 Å². The molecule has 8 nitrogen and oxygen atoms in total. The maximum atomic E-state index is 5.20. The zero-order valence-electron chi connectivity index (χ0n) is 12.5. The van der Waals surface area contributed by atoms with Crippen molar-refractivity contribution in [3.63, 3.8) is 0 Å². The Morgan fingerprint density at radius 1 is 1.14 bits per heavy atom.